The molecule has 0 aromatic carbocycles. The fourth-order valence-electron chi connectivity index (χ4n) is 0. The van der Waals surface area contributed by atoms with Gasteiger partial charge in [0.25, 0.3) is 10.1 Å². The second kappa shape index (κ2) is 3.81. The van der Waals surface area contributed by atoms with Crippen molar-refractivity contribution in [3.05, 3.63) is 0 Å². The third-order valence-electron chi connectivity index (χ3n) is 0.470. The van der Waals surface area contributed by atoms with Crippen LogP contribution in [0.15, 0.2) is 0 Å². The Kier molecular flexibility index (Phi) is 5.55. The second-order valence-corrected chi connectivity index (χ2v) is 2.99. The molecule has 1 unspecified atom stereocenters. The topological polar surface area (TPSA) is 80.4 Å². The Morgan fingerprint density at radius 1 is 1.62 bits per heavy atom. The molecule has 0 aliphatic heterocycles. The average molecular weight is 148 g/mol. The summed E-state index contributed by atoms with van der Waals surface area (Å²) < 4.78 is 27.5. The van der Waals surface area contributed by atoms with E-state index in [2.05, 4.69) is 0 Å². The van der Waals surface area contributed by atoms with Crippen molar-refractivity contribution in [2.24, 2.45) is 5.73 Å². The van der Waals surface area contributed by atoms with E-state index in [0.29, 0.717) is 0 Å². The standard InChI is InChI=1S/C2H7NO3S.Na/c1-2(3)7(4,5)6;/h2H,3H2,1H3,(H,4,5,6);. The van der Waals surface area contributed by atoms with Crippen molar-refractivity contribution >= 4 is 39.7 Å². The average Bonchev–Trinajstić information content (AvgIpc) is 1.31. The Balaban J connectivity index is 0. The molecule has 8 heavy (non-hydrogen) atoms. The van der Waals surface area contributed by atoms with Gasteiger partial charge in [-0.25, -0.2) is 0 Å². The van der Waals surface area contributed by atoms with Gasteiger partial charge in [-0.15, -0.1) is 0 Å². The van der Waals surface area contributed by atoms with Crippen LogP contribution in [0, 0.1) is 0 Å². The Labute approximate surface area is 70.5 Å². The van der Waals surface area contributed by atoms with Crippen molar-refractivity contribution in [1.29, 1.82) is 0 Å². The summed E-state index contributed by atoms with van der Waals surface area (Å²) in [6, 6.07) is 0. The fraction of sp³-hybridized carbons (Fsp3) is 1.00. The number of nitrogens with two attached hydrogens (primary N) is 1. The summed E-state index contributed by atoms with van der Waals surface area (Å²) in [5.74, 6) is 0. The number of rotatable bonds is 1. The Hall–Kier alpha value is 0.870. The van der Waals surface area contributed by atoms with Gasteiger partial charge in [-0.3, -0.25) is 4.55 Å². The van der Waals surface area contributed by atoms with E-state index in [-0.39, 0.29) is 29.6 Å². The molecule has 0 rings (SSSR count). The van der Waals surface area contributed by atoms with Gasteiger partial charge < -0.3 is 5.73 Å². The van der Waals surface area contributed by atoms with E-state index < -0.39 is 15.5 Å². The molecule has 3 N–H and O–H groups in total. The summed E-state index contributed by atoms with van der Waals surface area (Å²) in [6.45, 7) is 1.19. The van der Waals surface area contributed by atoms with Crippen LogP contribution in [0.25, 0.3) is 0 Å². The monoisotopic (exact) mass is 148 g/mol. The van der Waals surface area contributed by atoms with Gasteiger partial charge in [0.2, 0.25) is 0 Å². The fourth-order valence-corrected chi connectivity index (χ4v) is 0. The van der Waals surface area contributed by atoms with E-state index in [0.717, 1.165) is 0 Å². The van der Waals surface area contributed by atoms with E-state index in [1.165, 1.54) is 6.92 Å². The Morgan fingerprint density at radius 3 is 1.75 bits per heavy atom. The van der Waals surface area contributed by atoms with Crippen molar-refractivity contribution in [3.8, 4) is 0 Å². The zero-order valence-corrected chi connectivity index (χ0v) is 7.64. The molecule has 0 saturated carbocycles. The normalized spacial score (nSPS) is 14.4. The summed E-state index contributed by atoms with van der Waals surface area (Å²) in [4.78, 5) is 0. The molecular formula is C2H7NNaO3S. The van der Waals surface area contributed by atoms with Gasteiger partial charge in [0.15, 0.2) is 0 Å². The van der Waals surface area contributed by atoms with E-state index >= 15 is 0 Å². The summed E-state index contributed by atoms with van der Waals surface area (Å²) in [7, 11) is -3.96. The minimum absolute atomic E-state index is 0. The molecule has 0 aromatic rings. The number of hydrogen-bond donors (Lipinski definition) is 2. The van der Waals surface area contributed by atoms with Crippen LogP contribution in [0.4, 0.5) is 0 Å². The van der Waals surface area contributed by atoms with Gasteiger partial charge in [0.05, 0.1) is 0 Å². The van der Waals surface area contributed by atoms with Crippen LogP contribution >= 0.6 is 0 Å². The van der Waals surface area contributed by atoms with Crippen LogP contribution in [0.2, 0.25) is 0 Å². The van der Waals surface area contributed by atoms with Gasteiger partial charge in [-0.1, -0.05) is 0 Å². The van der Waals surface area contributed by atoms with Crippen LogP contribution in [-0.4, -0.2) is 47.9 Å². The first-order chi connectivity index (χ1) is 2.94. The first-order valence-corrected chi connectivity index (χ1v) is 3.17. The zero-order valence-electron chi connectivity index (χ0n) is 4.83. The van der Waals surface area contributed by atoms with E-state index in [1.807, 2.05) is 0 Å². The molecule has 0 heterocycles. The Morgan fingerprint density at radius 2 is 1.75 bits per heavy atom. The molecule has 0 aliphatic rings. The quantitative estimate of drug-likeness (QED) is 0.361. The number of hydrogen-bond acceptors (Lipinski definition) is 3. The maximum Gasteiger partial charge on any atom is 0.280 e. The van der Waals surface area contributed by atoms with E-state index in [1.54, 1.807) is 0 Å². The van der Waals surface area contributed by atoms with Gasteiger partial charge in [-0.2, -0.15) is 8.42 Å². The molecule has 0 aromatic heterocycles. The van der Waals surface area contributed by atoms with Crippen molar-refractivity contribution in [2.45, 2.75) is 12.3 Å². The molecule has 0 bridgehead atoms. The third-order valence-corrected chi connectivity index (χ3v) is 1.41. The van der Waals surface area contributed by atoms with Gasteiger partial charge >= 0.3 is 0 Å². The summed E-state index contributed by atoms with van der Waals surface area (Å²) in [5.41, 5.74) is 4.73. The first kappa shape index (κ1) is 11.6. The molecule has 4 nitrogen and oxygen atoms in total. The van der Waals surface area contributed by atoms with Crippen LogP contribution in [0.5, 0.6) is 0 Å². The molecule has 0 spiro atoms. The van der Waals surface area contributed by atoms with Gasteiger partial charge in [-0.05, 0) is 6.92 Å². The SMILES string of the molecule is CC(N)S(=O)(=O)O.[Na]. The molecule has 0 amide bonds. The van der Waals surface area contributed by atoms with Gasteiger partial charge in [0.1, 0.15) is 5.37 Å². The van der Waals surface area contributed by atoms with Crippen LogP contribution in [0.3, 0.4) is 0 Å². The third kappa shape index (κ3) is 5.02. The molecule has 0 saturated heterocycles. The van der Waals surface area contributed by atoms with Crippen LogP contribution in [-0.2, 0) is 10.1 Å². The molecule has 0 aliphatic carbocycles. The van der Waals surface area contributed by atoms with E-state index in [4.69, 9.17) is 10.3 Å². The Bertz CT molecular complexity index is 139. The summed E-state index contributed by atoms with van der Waals surface area (Å²) >= 11 is 0. The predicted molar refractivity (Wildman–Crippen MR) is 31.0 cm³/mol. The maximum atomic E-state index is 9.76. The second-order valence-electron chi connectivity index (χ2n) is 1.22. The largest absolute Gasteiger partial charge is 0.313 e. The van der Waals surface area contributed by atoms with Crippen LogP contribution in [0.1, 0.15) is 6.92 Å². The van der Waals surface area contributed by atoms with Crippen LogP contribution < -0.4 is 5.73 Å². The zero-order chi connectivity index (χ0) is 6.08. The smallest absolute Gasteiger partial charge is 0.280 e. The first-order valence-electron chi connectivity index (χ1n) is 1.66. The molecular weight excluding hydrogens is 141 g/mol. The van der Waals surface area contributed by atoms with Crippen molar-refractivity contribution < 1.29 is 13.0 Å². The summed E-state index contributed by atoms with van der Waals surface area (Å²) in [6.07, 6.45) is 0. The minimum atomic E-state index is -3.96. The minimum Gasteiger partial charge on any atom is -0.313 e. The van der Waals surface area contributed by atoms with Crippen molar-refractivity contribution in [3.63, 3.8) is 0 Å². The predicted octanol–water partition coefficient (Wildman–Crippen LogP) is -1.20. The molecule has 45 valence electrons. The van der Waals surface area contributed by atoms with Gasteiger partial charge in [0, 0.05) is 29.6 Å². The molecule has 1 radical (unpaired) electrons. The van der Waals surface area contributed by atoms with E-state index in [9.17, 15) is 8.42 Å². The van der Waals surface area contributed by atoms with Crippen molar-refractivity contribution in [1.82, 2.24) is 0 Å². The molecule has 1 atom stereocenters. The maximum absolute atomic E-state index is 9.76. The van der Waals surface area contributed by atoms with Crippen molar-refractivity contribution in [2.75, 3.05) is 0 Å². The summed E-state index contributed by atoms with van der Waals surface area (Å²) in [5, 5.41) is -1.17. The molecule has 6 heteroatoms. The molecule has 0 fully saturated rings.